The molecule has 1 heterocycles. The second-order valence-electron chi connectivity index (χ2n) is 3.82. The molecule has 4 heteroatoms. The van der Waals surface area contributed by atoms with Gasteiger partial charge >= 0.3 is 0 Å². The lowest BCUT2D eigenvalue weighted by atomic mass is 9.92. The van der Waals surface area contributed by atoms with Crippen molar-refractivity contribution in [1.82, 2.24) is 10.4 Å². The molecule has 0 aliphatic carbocycles. The van der Waals surface area contributed by atoms with Crippen LogP contribution >= 0.6 is 11.6 Å². The second kappa shape index (κ2) is 6.05. The highest BCUT2D eigenvalue weighted by Gasteiger charge is 2.17. The topological polar surface area (TPSA) is 50.9 Å². The lowest BCUT2D eigenvalue weighted by Crippen LogP contribution is -2.32. The van der Waals surface area contributed by atoms with Gasteiger partial charge < -0.3 is 0 Å². The molecule has 0 saturated heterocycles. The van der Waals surface area contributed by atoms with E-state index in [0.29, 0.717) is 11.1 Å². The van der Waals surface area contributed by atoms with Gasteiger partial charge in [-0.1, -0.05) is 31.9 Å². The number of nitrogens with zero attached hydrogens (tertiary/aromatic N) is 1. The molecule has 15 heavy (non-hydrogen) atoms. The lowest BCUT2D eigenvalue weighted by molar-refractivity contribution is 0.368. The van der Waals surface area contributed by atoms with E-state index in [-0.39, 0.29) is 6.04 Å². The van der Waals surface area contributed by atoms with Crippen molar-refractivity contribution in [2.45, 2.75) is 32.7 Å². The lowest BCUT2D eigenvalue weighted by Gasteiger charge is -2.23. The maximum atomic E-state index is 5.85. The number of hydrogen-bond donors (Lipinski definition) is 2. The van der Waals surface area contributed by atoms with Crippen LogP contribution in [0.3, 0.4) is 0 Å². The molecule has 1 rings (SSSR count). The Labute approximate surface area is 96.0 Å². The van der Waals surface area contributed by atoms with Crippen LogP contribution in [0.15, 0.2) is 18.3 Å². The van der Waals surface area contributed by atoms with Crippen LogP contribution in [0.2, 0.25) is 5.15 Å². The Kier molecular flexibility index (Phi) is 5.02. The molecule has 0 aliphatic rings. The van der Waals surface area contributed by atoms with Gasteiger partial charge in [0, 0.05) is 12.2 Å². The zero-order valence-corrected chi connectivity index (χ0v) is 9.96. The fourth-order valence-electron chi connectivity index (χ4n) is 1.82. The Balaban J connectivity index is 2.82. The molecule has 0 bridgehead atoms. The van der Waals surface area contributed by atoms with Gasteiger partial charge in [0.15, 0.2) is 0 Å². The van der Waals surface area contributed by atoms with E-state index in [1.54, 1.807) is 6.20 Å². The van der Waals surface area contributed by atoms with Crippen molar-refractivity contribution >= 4 is 11.6 Å². The van der Waals surface area contributed by atoms with E-state index in [1.807, 2.05) is 12.1 Å². The van der Waals surface area contributed by atoms with E-state index < -0.39 is 0 Å². The van der Waals surface area contributed by atoms with Gasteiger partial charge in [-0.25, -0.2) is 4.98 Å². The van der Waals surface area contributed by atoms with E-state index in [0.717, 1.165) is 18.4 Å². The SMILES string of the molecule is CCCC(C)C(NN)c1ccnc(Cl)c1. The van der Waals surface area contributed by atoms with Gasteiger partial charge in [0.25, 0.3) is 0 Å². The van der Waals surface area contributed by atoms with Gasteiger partial charge in [0.05, 0.1) is 0 Å². The van der Waals surface area contributed by atoms with E-state index in [4.69, 9.17) is 17.4 Å². The van der Waals surface area contributed by atoms with E-state index >= 15 is 0 Å². The molecule has 0 spiro atoms. The van der Waals surface area contributed by atoms with Crippen LogP contribution in [0.5, 0.6) is 0 Å². The van der Waals surface area contributed by atoms with Gasteiger partial charge in [-0.3, -0.25) is 11.3 Å². The van der Waals surface area contributed by atoms with Crippen LogP contribution < -0.4 is 11.3 Å². The first-order valence-electron chi connectivity index (χ1n) is 5.26. The molecule has 0 radical (unpaired) electrons. The highest BCUT2D eigenvalue weighted by molar-refractivity contribution is 6.29. The van der Waals surface area contributed by atoms with E-state index in [1.165, 1.54) is 0 Å². The van der Waals surface area contributed by atoms with E-state index in [9.17, 15) is 0 Å². The normalized spacial score (nSPS) is 14.9. The molecule has 0 fully saturated rings. The molecule has 0 saturated carbocycles. The predicted molar refractivity (Wildman–Crippen MR) is 63.4 cm³/mol. The summed E-state index contributed by atoms with van der Waals surface area (Å²) in [6.45, 7) is 4.35. The van der Waals surface area contributed by atoms with Crippen LogP contribution in [-0.2, 0) is 0 Å². The van der Waals surface area contributed by atoms with Crippen LogP contribution in [0.1, 0.15) is 38.3 Å². The van der Waals surface area contributed by atoms with E-state index in [2.05, 4.69) is 24.3 Å². The summed E-state index contributed by atoms with van der Waals surface area (Å²) in [4.78, 5) is 3.96. The predicted octanol–water partition coefficient (Wildman–Crippen LogP) is 2.68. The van der Waals surface area contributed by atoms with Gasteiger partial charge in [-0.2, -0.15) is 0 Å². The maximum Gasteiger partial charge on any atom is 0.129 e. The van der Waals surface area contributed by atoms with Crippen molar-refractivity contribution in [3.8, 4) is 0 Å². The third kappa shape index (κ3) is 3.45. The Morgan fingerprint density at radius 1 is 1.60 bits per heavy atom. The first-order chi connectivity index (χ1) is 7.19. The molecular weight excluding hydrogens is 210 g/mol. The van der Waals surface area contributed by atoms with Crippen molar-refractivity contribution in [3.05, 3.63) is 29.0 Å². The average molecular weight is 228 g/mol. The Bertz CT molecular complexity index is 304. The molecule has 2 atom stereocenters. The largest absolute Gasteiger partial charge is 0.271 e. The van der Waals surface area contributed by atoms with Crippen molar-refractivity contribution < 1.29 is 0 Å². The Morgan fingerprint density at radius 3 is 2.87 bits per heavy atom. The summed E-state index contributed by atoms with van der Waals surface area (Å²) in [5.74, 6) is 6.06. The molecular formula is C11H18ClN3. The first kappa shape index (κ1) is 12.4. The Hall–Kier alpha value is -0.640. The van der Waals surface area contributed by atoms with Crippen LogP contribution in [0.4, 0.5) is 0 Å². The summed E-state index contributed by atoms with van der Waals surface area (Å²) in [6, 6.07) is 3.95. The summed E-state index contributed by atoms with van der Waals surface area (Å²) in [6.07, 6.45) is 3.99. The monoisotopic (exact) mass is 227 g/mol. The van der Waals surface area contributed by atoms with Gasteiger partial charge in [0.1, 0.15) is 5.15 Å². The number of pyridine rings is 1. The maximum absolute atomic E-state index is 5.85. The number of aromatic nitrogens is 1. The zero-order chi connectivity index (χ0) is 11.3. The fraction of sp³-hybridized carbons (Fsp3) is 0.545. The smallest absolute Gasteiger partial charge is 0.129 e. The number of nitrogens with two attached hydrogens (primary N) is 1. The molecule has 3 nitrogen and oxygen atoms in total. The standard InChI is InChI=1S/C11H18ClN3/c1-3-4-8(2)11(15-13)9-5-6-14-10(12)7-9/h5-8,11,15H,3-4,13H2,1-2H3. The number of halogens is 1. The molecule has 1 aromatic rings. The van der Waals surface area contributed by atoms with Crippen molar-refractivity contribution in [2.24, 2.45) is 11.8 Å². The number of hydrazine groups is 1. The molecule has 2 unspecified atom stereocenters. The van der Waals surface area contributed by atoms with Crippen molar-refractivity contribution in [1.29, 1.82) is 0 Å². The van der Waals surface area contributed by atoms with Crippen molar-refractivity contribution in [3.63, 3.8) is 0 Å². The molecule has 0 amide bonds. The highest BCUT2D eigenvalue weighted by Crippen LogP contribution is 2.25. The first-order valence-corrected chi connectivity index (χ1v) is 5.64. The molecule has 3 N–H and O–H groups in total. The summed E-state index contributed by atoms with van der Waals surface area (Å²) < 4.78 is 0. The van der Waals surface area contributed by atoms with Crippen LogP contribution in [0.25, 0.3) is 0 Å². The highest BCUT2D eigenvalue weighted by atomic mass is 35.5. The van der Waals surface area contributed by atoms with Gasteiger partial charge in [0.2, 0.25) is 0 Å². The van der Waals surface area contributed by atoms with Gasteiger partial charge in [-0.15, -0.1) is 0 Å². The Morgan fingerprint density at radius 2 is 2.33 bits per heavy atom. The summed E-state index contributed by atoms with van der Waals surface area (Å²) >= 11 is 5.85. The third-order valence-corrected chi connectivity index (χ3v) is 2.81. The minimum absolute atomic E-state index is 0.144. The number of nitrogens with one attached hydrogen (secondary N) is 1. The summed E-state index contributed by atoms with van der Waals surface area (Å²) in [7, 11) is 0. The molecule has 84 valence electrons. The quantitative estimate of drug-likeness (QED) is 0.462. The molecule has 0 aliphatic heterocycles. The fourth-order valence-corrected chi connectivity index (χ4v) is 2.00. The molecule has 1 aromatic heterocycles. The second-order valence-corrected chi connectivity index (χ2v) is 4.21. The van der Waals surface area contributed by atoms with Crippen molar-refractivity contribution in [2.75, 3.05) is 0 Å². The minimum Gasteiger partial charge on any atom is -0.271 e. The zero-order valence-electron chi connectivity index (χ0n) is 9.20. The minimum atomic E-state index is 0.144. The summed E-state index contributed by atoms with van der Waals surface area (Å²) in [5.41, 5.74) is 3.94. The average Bonchev–Trinajstić information content (AvgIpc) is 2.19. The summed E-state index contributed by atoms with van der Waals surface area (Å²) in [5, 5.41) is 0.511. The molecule has 0 aromatic carbocycles. The van der Waals surface area contributed by atoms with Crippen LogP contribution in [-0.4, -0.2) is 4.98 Å². The third-order valence-electron chi connectivity index (χ3n) is 2.60. The number of hydrogen-bond acceptors (Lipinski definition) is 3. The number of rotatable bonds is 5. The van der Waals surface area contributed by atoms with Crippen LogP contribution in [0, 0.1) is 5.92 Å². The van der Waals surface area contributed by atoms with Gasteiger partial charge in [-0.05, 0) is 30.0 Å².